The van der Waals surface area contributed by atoms with Crippen molar-refractivity contribution in [1.82, 2.24) is 24.2 Å². The van der Waals surface area contributed by atoms with Gasteiger partial charge in [0.25, 0.3) is 5.91 Å². The topological polar surface area (TPSA) is 56.0 Å². The Morgan fingerprint density at radius 1 is 1.28 bits per heavy atom. The van der Waals surface area contributed by atoms with E-state index in [-0.39, 0.29) is 5.91 Å². The first kappa shape index (κ1) is 17.0. The Hall–Kier alpha value is -2.89. The minimum absolute atomic E-state index is 0.0178. The molecule has 3 aromatic rings. The second kappa shape index (κ2) is 6.93. The van der Waals surface area contributed by atoms with Crippen LogP contribution in [0.15, 0.2) is 42.9 Å². The third-order valence-electron chi connectivity index (χ3n) is 4.38. The number of amides is 1. The molecule has 0 aliphatic carbocycles. The lowest BCUT2D eigenvalue weighted by molar-refractivity contribution is 0.0784. The highest BCUT2D eigenvalue weighted by molar-refractivity contribution is 5.95. The van der Waals surface area contributed by atoms with E-state index in [2.05, 4.69) is 14.6 Å². The van der Waals surface area contributed by atoms with E-state index in [1.54, 1.807) is 22.0 Å². The maximum absolute atomic E-state index is 12.9. The number of rotatable bonds is 5. The zero-order valence-corrected chi connectivity index (χ0v) is 15.1. The quantitative estimate of drug-likeness (QED) is 0.719. The van der Waals surface area contributed by atoms with Crippen LogP contribution in [-0.2, 0) is 20.1 Å². The smallest absolute Gasteiger partial charge is 0.255 e. The van der Waals surface area contributed by atoms with Crippen LogP contribution in [0.1, 0.15) is 33.0 Å². The van der Waals surface area contributed by atoms with E-state index in [0.29, 0.717) is 13.1 Å². The number of hydrogen-bond donors (Lipinski definition) is 0. The number of nitrogens with zero attached hydrogens (tertiary/aromatic N) is 5. The lowest BCUT2D eigenvalue weighted by atomic mass is 10.2. The van der Waals surface area contributed by atoms with Gasteiger partial charge in [-0.2, -0.15) is 5.10 Å². The first-order valence-corrected chi connectivity index (χ1v) is 8.25. The van der Waals surface area contributed by atoms with Gasteiger partial charge in [-0.3, -0.25) is 14.5 Å². The molecule has 0 spiro atoms. The van der Waals surface area contributed by atoms with Crippen LogP contribution < -0.4 is 0 Å². The summed E-state index contributed by atoms with van der Waals surface area (Å²) < 4.78 is 3.87. The SMILES string of the molecule is Cc1cc(C(=O)N(C)Cc2cnn(C)c2)c(C)n1Cc1ccccn1. The monoisotopic (exact) mass is 337 g/mol. The van der Waals surface area contributed by atoms with E-state index in [1.165, 1.54) is 0 Å². The van der Waals surface area contributed by atoms with Crippen molar-refractivity contribution in [2.24, 2.45) is 7.05 Å². The molecular formula is C19H23N5O. The summed E-state index contributed by atoms with van der Waals surface area (Å²) in [5, 5.41) is 4.15. The molecule has 6 heteroatoms. The van der Waals surface area contributed by atoms with E-state index in [4.69, 9.17) is 0 Å². The van der Waals surface area contributed by atoms with Crippen molar-refractivity contribution < 1.29 is 4.79 Å². The van der Waals surface area contributed by atoms with Crippen LogP contribution in [0.3, 0.4) is 0 Å². The number of aryl methyl sites for hydroxylation is 2. The van der Waals surface area contributed by atoms with Gasteiger partial charge in [0.1, 0.15) is 0 Å². The maximum atomic E-state index is 12.9. The third-order valence-corrected chi connectivity index (χ3v) is 4.38. The van der Waals surface area contributed by atoms with Crippen LogP contribution in [0.2, 0.25) is 0 Å². The molecule has 0 aromatic carbocycles. The van der Waals surface area contributed by atoms with Crippen LogP contribution in [0.5, 0.6) is 0 Å². The minimum Gasteiger partial charge on any atom is -0.342 e. The van der Waals surface area contributed by atoms with Crippen molar-refractivity contribution in [3.8, 4) is 0 Å². The Kier molecular flexibility index (Phi) is 4.70. The van der Waals surface area contributed by atoms with E-state index < -0.39 is 0 Å². The van der Waals surface area contributed by atoms with Gasteiger partial charge in [-0.1, -0.05) is 6.07 Å². The van der Waals surface area contributed by atoms with Crippen molar-refractivity contribution in [3.63, 3.8) is 0 Å². The highest BCUT2D eigenvalue weighted by atomic mass is 16.2. The molecule has 0 saturated heterocycles. The lowest BCUT2D eigenvalue weighted by Crippen LogP contribution is -2.26. The fraction of sp³-hybridized carbons (Fsp3) is 0.316. The summed E-state index contributed by atoms with van der Waals surface area (Å²) in [6.07, 6.45) is 5.50. The molecule has 0 N–H and O–H groups in total. The fourth-order valence-corrected chi connectivity index (χ4v) is 3.02. The number of pyridine rings is 1. The molecule has 3 heterocycles. The first-order chi connectivity index (χ1) is 12.0. The number of carbonyl (C=O) groups excluding carboxylic acids is 1. The molecule has 0 fully saturated rings. The summed E-state index contributed by atoms with van der Waals surface area (Å²) in [6, 6.07) is 7.83. The van der Waals surface area contributed by atoms with Gasteiger partial charge < -0.3 is 9.47 Å². The largest absolute Gasteiger partial charge is 0.342 e. The summed E-state index contributed by atoms with van der Waals surface area (Å²) in [5.74, 6) is 0.0178. The summed E-state index contributed by atoms with van der Waals surface area (Å²) in [6.45, 7) is 5.21. The summed E-state index contributed by atoms with van der Waals surface area (Å²) in [5.41, 5.74) is 4.75. The molecule has 3 rings (SSSR count). The van der Waals surface area contributed by atoms with Gasteiger partial charge >= 0.3 is 0 Å². The molecule has 0 atom stereocenters. The van der Waals surface area contributed by atoms with Gasteiger partial charge in [0, 0.05) is 50.0 Å². The molecule has 0 bridgehead atoms. The molecule has 0 aliphatic rings. The predicted molar refractivity (Wildman–Crippen MR) is 96.3 cm³/mol. The molecule has 25 heavy (non-hydrogen) atoms. The molecule has 3 aromatic heterocycles. The van der Waals surface area contributed by atoms with Gasteiger partial charge in [0.05, 0.1) is 24.0 Å². The lowest BCUT2D eigenvalue weighted by Gasteiger charge is -2.16. The van der Waals surface area contributed by atoms with Gasteiger partial charge in [-0.15, -0.1) is 0 Å². The normalized spacial score (nSPS) is 10.9. The Morgan fingerprint density at radius 3 is 2.72 bits per heavy atom. The van der Waals surface area contributed by atoms with Crippen molar-refractivity contribution in [3.05, 3.63) is 71.1 Å². The van der Waals surface area contributed by atoms with Crippen molar-refractivity contribution in [2.45, 2.75) is 26.9 Å². The molecular weight excluding hydrogens is 314 g/mol. The summed E-state index contributed by atoms with van der Waals surface area (Å²) >= 11 is 0. The van der Waals surface area contributed by atoms with Crippen LogP contribution in [0.4, 0.5) is 0 Å². The highest BCUT2D eigenvalue weighted by Crippen LogP contribution is 2.19. The number of carbonyl (C=O) groups is 1. The number of hydrogen-bond acceptors (Lipinski definition) is 3. The predicted octanol–water partition coefficient (Wildman–Crippen LogP) is 2.55. The zero-order valence-electron chi connectivity index (χ0n) is 15.1. The average Bonchev–Trinajstić information content (AvgIpc) is 3.13. The summed E-state index contributed by atoms with van der Waals surface area (Å²) in [4.78, 5) is 19.0. The van der Waals surface area contributed by atoms with Crippen molar-refractivity contribution in [1.29, 1.82) is 0 Å². The van der Waals surface area contributed by atoms with Crippen LogP contribution in [-0.4, -0.2) is 37.2 Å². The molecule has 6 nitrogen and oxygen atoms in total. The Labute approximate surface area is 147 Å². The van der Waals surface area contributed by atoms with Crippen molar-refractivity contribution >= 4 is 5.91 Å². The van der Waals surface area contributed by atoms with Gasteiger partial charge in [0.15, 0.2) is 0 Å². The first-order valence-electron chi connectivity index (χ1n) is 8.25. The Balaban J connectivity index is 1.80. The van der Waals surface area contributed by atoms with Crippen LogP contribution >= 0.6 is 0 Å². The maximum Gasteiger partial charge on any atom is 0.255 e. The van der Waals surface area contributed by atoms with E-state index in [9.17, 15) is 4.79 Å². The van der Waals surface area contributed by atoms with Crippen LogP contribution in [0, 0.1) is 13.8 Å². The second-order valence-electron chi connectivity index (χ2n) is 6.38. The Morgan fingerprint density at radius 2 is 2.08 bits per heavy atom. The molecule has 0 radical (unpaired) electrons. The fourth-order valence-electron chi connectivity index (χ4n) is 3.02. The standard InChI is InChI=1S/C19H23N5O/c1-14-9-18(15(2)24(14)13-17-7-5-6-8-20-17)19(25)22(3)11-16-10-21-23(4)12-16/h5-10,12H,11,13H2,1-4H3. The zero-order chi connectivity index (χ0) is 18.0. The third kappa shape index (κ3) is 3.63. The van der Waals surface area contributed by atoms with E-state index in [0.717, 1.165) is 28.2 Å². The second-order valence-corrected chi connectivity index (χ2v) is 6.38. The summed E-state index contributed by atoms with van der Waals surface area (Å²) in [7, 11) is 3.69. The molecule has 0 aliphatic heterocycles. The Bertz CT molecular complexity index is 879. The van der Waals surface area contributed by atoms with E-state index >= 15 is 0 Å². The molecule has 1 amide bonds. The molecule has 130 valence electrons. The average molecular weight is 337 g/mol. The van der Waals surface area contributed by atoms with E-state index in [1.807, 2.05) is 58.4 Å². The van der Waals surface area contributed by atoms with Crippen LogP contribution in [0.25, 0.3) is 0 Å². The number of aromatic nitrogens is 4. The minimum atomic E-state index is 0.0178. The van der Waals surface area contributed by atoms with Crippen molar-refractivity contribution in [2.75, 3.05) is 7.05 Å². The highest BCUT2D eigenvalue weighted by Gasteiger charge is 2.19. The molecule has 0 saturated carbocycles. The van der Waals surface area contributed by atoms with Gasteiger partial charge in [-0.05, 0) is 32.0 Å². The van der Waals surface area contributed by atoms with Gasteiger partial charge in [0.2, 0.25) is 0 Å². The molecule has 0 unspecified atom stereocenters. The van der Waals surface area contributed by atoms with Gasteiger partial charge in [-0.25, -0.2) is 0 Å².